The Morgan fingerprint density at radius 3 is 2.74 bits per heavy atom. The third kappa shape index (κ3) is 3.61. The van der Waals surface area contributed by atoms with Gasteiger partial charge in [0.15, 0.2) is 0 Å². The minimum atomic E-state index is -0.286. The smallest absolute Gasteiger partial charge is 0.137 e. The van der Waals surface area contributed by atoms with E-state index < -0.39 is 0 Å². The summed E-state index contributed by atoms with van der Waals surface area (Å²) in [4.78, 5) is 0. The molecular weight excluding hydrogens is 333 g/mol. The minimum Gasteiger partial charge on any atom is -0.496 e. The van der Waals surface area contributed by atoms with Gasteiger partial charge in [0.25, 0.3) is 0 Å². The molecule has 100 valence electrons. The molecular formula is C14H12BrClFNO. The molecule has 0 aliphatic rings. The van der Waals surface area contributed by atoms with E-state index >= 15 is 0 Å². The van der Waals surface area contributed by atoms with Crippen LogP contribution < -0.4 is 10.1 Å². The number of hydrogen-bond acceptors (Lipinski definition) is 2. The van der Waals surface area contributed by atoms with E-state index in [9.17, 15) is 4.39 Å². The average molecular weight is 345 g/mol. The predicted octanol–water partition coefficient (Wildman–Crippen LogP) is 4.86. The van der Waals surface area contributed by atoms with Crippen molar-refractivity contribution in [3.8, 4) is 5.75 Å². The van der Waals surface area contributed by atoms with Crippen molar-refractivity contribution in [2.24, 2.45) is 0 Å². The van der Waals surface area contributed by atoms with Crippen LogP contribution in [0.3, 0.4) is 0 Å². The Kier molecular flexibility index (Phi) is 4.66. The molecule has 2 aromatic carbocycles. The molecule has 0 amide bonds. The largest absolute Gasteiger partial charge is 0.496 e. The summed E-state index contributed by atoms with van der Waals surface area (Å²) in [5, 5.41) is 3.85. The van der Waals surface area contributed by atoms with Crippen molar-refractivity contribution in [1.82, 2.24) is 0 Å². The van der Waals surface area contributed by atoms with Crippen molar-refractivity contribution < 1.29 is 9.13 Å². The van der Waals surface area contributed by atoms with E-state index in [-0.39, 0.29) is 5.82 Å². The fraction of sp³-hybridized carbons (Fsp3) is 0.143. The Hall–Kier alpha value is -1.26. The lowest BCUT2D eigenvalue weighted by Crippen LogP contribution is -2.02. The summed E-state index contributed by atoms with van der Waals surface area (Å²) < 4.78 is 18.8. The molecule has 0 unspecified atom stereocenters. The van der Waals surface area contributed by atoms with Crippen LogP contribution in [0, 0.1) is 5.82 Å². The molecule has 2 aromatic rings. The van der Waals surface area contributed by atoms with Crippen LogP contribution in [0.15, 0.2) is 40.9 Å². The number of benzene rings is 2. The number of hydrogen-bond donors (Lipinski definition) is 1. The first-order valence-corrected chi connectivity index (χ1v) is 6.78. The standard InChI is InChI=1S/C14H12BrClFNO/c1-19-14-5-2-10(16)6-9(14)8-18-11-3-4-13(17)12(15)7-11/h2-7,18H,8H2,1H3. The molecule has 0 saturated heterocycles. The van der Waals surface area contributed by atoms with Crippen LogP contribution in [-0.4, -0.2) is 7.11 Å². The first-order valence-electron chi connectivity index (χ1n) is 5.61. The molecule has 19 heavy (non-hydrogen) atoms. The van der Waals surface area contributed by atoms with Gasteiger partial charge in [-0.2, -0.15) is 0 Å². The molecule has 5 heteroatoms. The predicted molar refractivity (Wildman–Crippen MR) is 79.4 cm³/mol. The molecule has 0 aromatic heterocycles. The van der Waals surface area contributed by atoms with E-state index in [4.69, 9.17) is 16.3 Å². The highest BCUT2D eigenvalue weighted by molar-refractivity contribution is 9.10. The second-order valence-electron chi connectivity index (χ2n) is 3.94. The maximum Gasteiger partial charge on any atom is 0.137 e. The number of halogens is 3. The second-order valence-corrected chi connectivity index (χ2v) is 5.23. The summed E-state index contributed by atoms with van der Waals surface area (Å²) in [6.45, 7) is 0.543. The molecule has 0 saturated carbocycles. The molecule has 0 bridgehead atoms. The topological polar surface area (TPSA) is 21.3 Å². The second kappa shape index (κ2) is 6.26. The minimum absolute atomic E-state index is 0.286. The number of ether oxygens (including phenoxy) is 1. The van der Waals surface area contributed by atoms with Gasteiger partial charge in [0.2, 0.25) is 0 Å². The van der Waals surface area contributed by atoms with Crippen molar-refractivity contribution in [1.29, 1.82) is 0 Å². The van der Waals surface area contributed by atoms with Gasteiger partial charge >= 0.3 is 0 Å². The van der Waals surface area contributed by atoms with E-state index in [2.05, 4.69) is 21.2 Å². The van der Waals surface area contributed by atoms with Crippen LogP contribution in [-0.2, 0) is 6.54 Å². The van der Waals surface area contributed by atoms with Gasteiger partial charge < -0.3 is 10.1 Å². The summed E-state index contributed by atoms with van der Waals surface area (Å²) in [6, 6.07) is 10.2. The fourth-order valence-corrected chi connectivity index (χ4v) is 2.26. The molecule has 2 rings (SSSR count). The monoisotopic (exact) mass is 343 g/mol. The Labute approximate surface area is 124 Å². The third-order valence-corrected chi connectivity index (χ3v) is 3.49. The van der Waals surface area contributed by atoms with Crippen LogP contribution in [0.1, 0.15) is 5.56 Å². The Balaban J connectivity index is 2.13. The van der Waals surface area contributed by atoms with Gasteiger partial charge in [-0.3, -0.25) is 0 Å². The molecule has 1 N–H and O–H groups in total. The van der Waals surface area contributed by atoms with Gasteiger partial charge in [0.05, 0.1) is 11.6 Å². The van der Waals surface area contributed by atoms with Crippen LogP contribution in [0.25, 0.3) is 0 Å². The molecule has 0 heterocycles. The fourth-order valence-electron chi connectivity index (χ4n) is 1.69. The normalized spacial score (nSPS) is 10.3. The zero-order valence-electron chi connectivity index (χ0n) is 10.2. The Morgan fingerprint density at radius 1 is 1.26 bits per heavy atom. The zero-order chi connectivity index (χ0) is 13.8. The van der Waals surface area contributed by atoms with Crippen molar-refractivity contribution >= 4 is 33.2 Å². The first kappa shape index (κ1) is 14.2. The number of anilines is 1. The van der Waals surface area contributed by atoms with E-state index in [0.717, 1.165) is 17.0 Å². The van der Waals surface area contributed by atoms with Gasteiger partial charge in [0.1, 0.15) is 11.6 Å². The van der Waals surface area contributed by atoms with Crippen molar-refractivity contribution in [2.45, 2.75) is 6.54 Å². The average Bonchev–Trinajstić information content (AvgIpc) is 2.40. The lowest BCUT2D eigenvalue weighted by atomic mass is 10.2. The maximum atomic E-state index is 13.1. The lowest BCUT2D eigenvalue weighted by Gasteiger charge is -2.11. The van der Waals surface area contributed by atoms with E-state index in [1.165, 1.54) is 6.07 Å². The number of nitrogens with one attached hydrogen (secondary N) is 1. The molecule has 0 atom stereocenters. The highest BCUT2D eigenvalue weighted by atomic mass is 79.9. The zero-order valence-corrected chi connectivity index (χ0v) is 12.6. The van der Waals surface area contributed by atoms with Crippen molar-refractivity contribution in [2.75, 3.05) is 12.4 Å². The summed E-state index contributed by atoms with van der Waals surface area (Å²) in [6.07, 6.45) is 0. The summed E-state index contributed by atoms with van der Waals surface area (Å²) in [5.41, 5.74) is 1.76. The van der Waals surface area contributed by atoms with Crippen molar-refractivity contribution in [3.63, 3.8) is 0 Å². The highest BCUT2D eigenvalue weighted by Gasteiger charge is 2.05. The van der Waals surface area contributed by atoms with Crippen LogP contribution in [0.5, 0.6) is 5.75 Å². The summed E-state index contributed by atoms with van der Waals surface area (Å²) >= 11 is 9.11. The van der Waals surface area contributed by atoms with Gasteiger partial charge in [-0.15, -0.1) is 0 Å². The third-order valence-electron chi connectivity index (χ3n) is 2.65. The molecule has 0 spiro atoms. The number of rotatable bonds is 4. The molecule has 0 radical (unpaired) electrons. The highest BCUT2D eigenvalue weighted by Crippen LogP contribution is 2.25. The van der Waals surface area contributed by atoms with E-state index in [0.29, 0.717) is 16.0 Å². The van der Waals surface area contributed by atoms with Crippen LogP contribution >= 0.6 is 27.5 Å². The Bertz CT molecular complexity index is 592. The van der Waals surface area contributed by atoms with Crippen LogP contribution in [0.2, 0.25) is 5.02 Å². The van der Waals surface area contributed by atoms with Gasteiger partial charge in [0, 0.05) is 22.8 Å². The molecule has 2 nitrogen and oxygen atoms in total. The van der Waals surface area contributed by atoms with Crippen LogP contribution in [0.4, 0.5) is 10.1 Å². The maximum absolute atomic E-state index is 13.1. The number of methoxy groups -OCH3 is 1. The summed E-state index contributed by atoms with van der Waals surface area (Å²) in [5.74, 6) is 0.476. The van der Waals surface area contributed by atoms with Gasteiger partial charge in [-0.1, -0.05) is 11.6 Å². The summed E-state index contributed by atoms with van der Waals surface area (Å²) in [7, 11) is 1.61. The van der Waals surface area contributed by atoms with E-state index in [1.54, 1.807) is 25.3 Å². The van der Waals surface area contributed by atoms with Gasteiger partial charge in [-0.25, -0.2) is 4.39 Å². The lowest BCUT2D eigenvalue weighted by molar-refractivity contribution is 0.410. The first-order chi connectivity index (χ1) is 9.10. The van der Waals surface area contributed by atoms with Gasteiger partial charge in [-0.05, 0) is 52.3 Å². The molecule has 0 aliphatic heterocycles. The SMILES string of the molecule is COc1ccc(Cl)cc1CNc1ccc(F)c(Br)c1. The molecule has 0 fully saturated rings. The molecule has 0 aliphatic carbocycles. The van der Waals surface area contributed by atoms with E-state index in [1.807, 2.05) is 12.1 Å². The quantitative estimate of drug-likeness (QED) is 0.855. The van der Waals surface area contributed by atoms with Crippen molar-refractivity contribution in [3.05, 3.63) is 57.3 Å². The Morgan fingerprint density at radius 2 is 2.05 bits per heavy atom.